The summed E-state index contributed by atoms with van der Waals surface area (Å²) in [5.41, 5.74) is 2.32. The van der Waals surface area contributed by atoms with Crippen molar-refractivity contribution in [3.63, 3.8) is 0 Å². The maximum Gasteiger partial charge on any atom is 0.142 e. The van der Waals surface area contributed by atoms with Crippen LogP contribution in [0.15, 0.2) is 18.2 Å². The minimum atomic E-state index is 0.653. The first-order valence-corrected chi connectivity index (χ1v) is 7.96. The molecule has 1 rings (SSSR count). The average molecular weight is 310 g/mol. The Morgan fingerprint density at radius 1 is 1.05 bits per heavy atom. The van der Waals surface area contributed by atoms with Gasteiger partial charge in [-0.15, -0.1) is 0 Å². The van der Waals surface area contributed by atoms with E-state index in [1.165, 1.54) is 5.56 Å². The molecule has 0 spiro atoms. The highest BCUT2D eigenvalue weighted by atomic mass is 16.5. The summed E-state index contributed by atoms with van der Waals surface area (Å²) in [7, 11) is 3.44. The van der Waals surface area contributed by atoms with Gasteiger partial charge in [0.05, 0.1) is 25.5 Å². The third-order valence-electron chi connectivity index (χ3n) is 3.37. The predicted molar refractivity (Wildman–Crippen MR) is 91.0 cm³/mol. The maximum absolute atomic E-state index is 5.85. The summed E-state index contributed by atoms with van der Waals surface area (Å²) in [6.07, 6.45) is 0. The van der Waals surface area contributed by atoms with Crippen molar-refractivity contribution in [2.24, 2.45) is 0 Å². The van der Waals surface area contributed by atoms with Gasteiger partial charge in [-0.25, -0.2) is 0 Å². The molecule has 1 aromatic rings. The summed E-state index contributed by atoms with van der Waals surface area (Å²) in [4.78, 5) is 2.25. The molecule has 0 aliphatic rings. The Labute approximate surface area is 134 Å². The molecule has 126 valence electrons. The lowest BCUT2D eigenvalue weighted by Gasteiger charge is -2.26. The number of benzene rings is 1. The summed E-state index contributed by atoms with van der Waals surface area (Å²) in [6, 6.07) is 6.39. The number of hydrogen-bond donors (Lipinski definition) is 1. The molecule has 0 aromatic heterocycles. The van der Waals surface area contributed by atoms with Crippen LogP contribution in [0, 0.1) is 0 Å². The molecule has 1 aromatic carbocycles. The van der Waals surface area contributed by atoms with E-state index in [0.29, 0.717) is 19.8 Å². The number of nitrogens with zero attached hydrogens (tertiary/aromatic N) is 1. The van der Waals surface area contributed by atoms with Crippen LogP contribution < -0.4 is 15.0 Å². The lowest BCUT2D eigenvalue weighted by Crippen LogP contribution is -2.31. The molecule has 0 fully saturated rings. The second-order valence-electron chi connectivity index (χ2n) is 4.99. The fraction of sp³-hybridized carbons (Fsp3) is 0.647. The standard InChI is InChI=1S/C17H30N2O3/c1-5-18-14-15-7-8-16(17(13-15)22-6-2)19(9-11-20-3)10-12-21-4/h7-8,13,18H,5-6,9-12,14H2,1-4H3. The number of ether oxygens (including phenoxy) is 3. The molecule has 0 saturated carbocycles. The quantitative estimate of drug-likeness (QED) is 0.642. The van der Waals surface area contributed by atoms with E-state index in [-0.39, 0.29) is 0 Å². The zero-order valence-electron chi connectivity index (χ0n) is 14.4. The number of hydrogen-bond acceptors (Lipinski definition) is 5. The zero-order chi connectivity index (χ0) is 16.2. The average Bonchev–Trinajstić information content (AvgIpc) is 2.54. The third-order valence-corrected chi connectivity index (χ3v) is 3.37. The fourth-order valence-electron chi connectivity index (χ4n) is 2.23. The van der Waals surface area contributed by atoms with E-state index in [0.717, 1.165) is 37.6 Å². The molecule has 5 nitrogen and oxygen atoms in total. The highest BCUT2D eigenvalue weighted by molar-refractivity contribution is 5.60. The van der Waals surface area contributed by atoms with Gasteiger partial charge in [0.15, 0.2) is 0 Å². The minimum Gasteiger partial charge on any atom is -0.492 e. The van der Waals surface area contributed by atoms with Crippen LogP contribution in [-0.2, 0) is 16.0 Å². The van der Waals surface area contributed by atoms with Crippen molar-refractivity contribution in [3.05, 3.63) is 23.8 Å². The summed E-state index contributed by atoms with van der Waals surface area (Å²) in [5, 5.41) is 3.34. The van der Waals surface area contributed by atoms with Crippen LogP contribution in [0.1, 0.15) is 19.4 Å². The first-order chi connectivity index (χ1) is 10.8. The molecule has 0 unspecified atom stereocenters. The Hall–Kier alpha value is -1.30. The molecular formula is C17H30N2O3. The molecule has 0 amide bonds. The largest absolute Gasteiger partial charge is 0.492 e. The Morgan fingerprint density at radius 2 is 1.73 bits per heavy atom. The molecule has 0 aliphatic heterocycles. The Kier molecular flexibility index (Phi) is 9.62. The van der Waals surface area contributed by atoms with E-state index in [1.807, 2.05) is 6.92 Å². The van der Waals surface area contributed by atoms with E-state index >= 15 is 0 Å². The fourth-order valence-corrected chi connectivity index (χ4v) is 2.23. The van der Waals surface area contributed by atoms with Crippen molar-refractivity contribution in [1.82, 2.24) is 5.32 Å². The van der Waals surface area contributed by atoms with Crippen LogP contribution >= 0.6 is 0 Å². The first-order valence-electron chi connectivity index (χ1n) is 7.96. The van der Waals surface area contributed by atoms with Crippen molar-refractivity contribution in [1.29, 1.82) is 0 Å². The van der Waals surface area contributed by atoms with Crippen molar-refractivity contribution >= 4 is 5.69 Å². The van der Waals surface area contributed by atoms with Gasteiger partial charge in [-0.2, -0.15) is 0 Å². The summed E-state index contributed by atoms with van der Waals surface area (Å²) in [6.45, 7) is 9.55. The van der Waals surface area contributed by atoms with Gasteiger partial charge in [-0.1, -0.05) is 13.0 Å². The van der Waals surface area contributed by atoms with E-state index in [4.69, 9.17) is 14.2 Å². The van der Waals surface area contributed by atoms with E-state index in [2.05, 4.69) is 35.3 Å². The third kappa shape index (κ3) is 6.22. The molecule has 0 heterocycles. The molecule has 0 bridgehead atoms. The van der Waals surface area contributed by atoms with Crippen LogP contribution in [0.4, 0.5) is 5.69 Å². The van der Waals surface area contributed by atoms with Crippen LogP contribution in [0.5, 0.6) is 5.75 Å². The normalized spacial score (nSPS) is 10.7. The molecule has 1 N–H and O–H groups in total. The van der Waals surface area contributed by atoms with Gasteiger partial charge in [-0.3, -0.25) is 0 Å². The lowest BCUT2D eigenvalue weighted by atomic mass is 10.1. The molecule has 0 aliphatic carbocycles. The monoisotopic (exact) mass is 310 g/mol. The molecule has 0 saturated heterocycles. The molecule has 22 heavy (non-hydrogen) atoms. The topological polar surface area (TPSA) is 43.0 Å². The van der Waals surface area contributed by atoms with Gasteiger partial charge in [0, 0.05) is 33.9 Å². The highest BCUT2D eigenvalue weighted by Crippen LogP contribution is 2.29. The van der Waals surface area contributed by atoms with Crippen molar-refractivity contribution in [2.75, 3.05) is 58.6 Å². The molecule has 0 atom stereocenters. The zero-order valence-corrected chi connectivity index (χ0v) is 14.4. The summed E-state index contributed by atoms with van der Waals surface area (Å²) < 4.78 is 16.3. The smallest absolute Gasteiger partial charge is 0.142 e. The van der Waals surface area contributed by atoms with Gasteiger partial charge in [0.2, 0.25) is 0 Å². The van der Waals surface area contributed by atoms with E-state index < -0.39 is 0 Å². The molecular weight excluding hydrogens is 280 g/mol. The summed E-state index contributed by atoms with van der Waals surface area (Å²) >= 11 is 0. The van der Waals surface area contributed by atoms with Crippen LogP contribution in [0.25, 0.3) is 0 Å². The second-order valence-corrected chi connectivity index (χ2v) is 4.99. The number of nitrogens with one attached hydrogen (secondary N) is 1. The van der Waals surface area contributed by atoms with Crippen molar-refractivity contribution in [2.45, 2.75) is 20.4 Å². The van der Waals surface area contributed by atoms with Crippen molar-refractivity contribution < 1.29 is 14.2 Å². The minimum absolute atomic E-state index is 0.653. The molecule has 5 heteroatoms. The van der Waals surface area contributed by atoms with Crippen LogP contribution in [0.3, 0.4) is 0 Å². The van der Waals surface area contributed by atoms with Crippen LogP contribution in [0.2, 0.25) is 0 Å². The maximum atomic E-state index is 5.85. The molecule has 0 radical (unpaired) electrons. The van der Waals surface area contributed by atoms with Crippen molar-refractivity contribution in [3.8, 4) is 5.75 Å². The Morgan fingerprint density at radius 3 is 2.27 bits per heavy atom. The number of methoxy groups -OCH3 is 2. The van der Waals surface area contributed by atoms with E-state index in [9.17, 15) is 0 Å². The highest BCUT2D eigenvalue weighted by Gasteiger charge is 2.13. The van der Waals surface area contributed by atoms with E-state index in [1.54, 1.807) is 14.2 Å². The van der Waals surface area contributed by atoms with Gasteiger partial charge >= 0.3 is 0 Å². The van der Waals surface area contributed by atoms with Gasteiger partial charge in [0.25, 0.3) is 0 Å². The first kappa shape index (κ1) is 18.7. The Bertz CT molecular complexity index is 405. The second kappa shape index (κ2) is 11.3. The Balaban J connectivity index is 2.94. The lowest BCUT2D eigenvalue weighted by molar-refractivity contribution is 0.190. The van der Waals surface area contributed by atoms with Gasteiger partial charge < -0.3 is 24.4 Å². The number of rotatable bonds is 12. The number of anilines is 1. The predicted octanol–water partition coefficient (Wildman–Crippen LogP) is 2.29. The SMILES string of the molecule is CCNCc1ccc(N(CCOC)CCOC)c(OCC)c1. The summed E-state index contributed by atoms with van der Waals surface area (Å²) in [5.74, 6) is 0.921. The van der Waals surface area contributed by atoms with Crippen LogP contribution in [-0.4, -0.2) is 53.7 Å². The van der Waals surface area contributed by atoms with Gasteiger partial charge in [0.1, 0.15) is 5.75 Å². The van der Waals surface area contributed by atoms with Gasteiger partial charge in [-0.05, 0) is 31.2 Å².